The Balaban J connectivity index is 1.85. The lowest BCUT2D eigenvalue weighted by atomic mass is 10.1. The van der Waals surface area contributed by atoms with Gasteiger partial charge in [0.25, 0.3) is 0 Å². The van der Waals surface area contributed by atoms with Crippen LogP contribution in [0.3, 0.4) is 0 Å². The first-order chi connectivity index (χ1) is 11.1. The molecule has 0 heterocycles. The fourth-order valence-corrected chi connectivity index (χ4v) is 2.10. The molecule has 0 radical (unpaired) electrons. The van der Waals surface area contributed by atoms with E-state index in [9.17, 15) is 9.90 Å². The van der Waals surface area contributed by atoms with Crippen molar-refractivity contribution in [3.63, 3.8) is 0 Å². The van der Waals surface area contributed by atoms with Gasteiger partial charge in [0.1, 0.15) is 0 Å². The van der Waals surface area contributed by atoms with Crippen LogP contribution in [0.1, 0.15) is 17.2 Å². The Hall–Kier alpha value is -2.59. The van der Waals surface area contributed by atoms with E-state index in [2.05, 4.69) is 5.32 Å². The van der Waals surface area contributed by atoms with Crippen LogP contribution in [0.4, 0.5) is 5.69 Å². The summed E-state index contributed by atoms with van der Waals surface area (Å²) in [6.07, 6.45) is 2.49. The minimum absolute atomic E-state index is 0.180. The van der Waals surface area contributed by atoms with Gasteiger partial charge in [-0.2, -0.15) is 0 Å². The lowest BCUT2D eigenvalue weighted by molar-refractivity contribution is -0.116. The highest BCUT2D eigenvalue weighted by Crippen LogP contribution is 2.17. The van der Waals surface area contributed by atoms with E-state index in [4.69, 9.17) is 0 Å². The smallest absolute Gasteiger partial charge is 0.244 e. The second-order valence-electron chi connectivity index (χ2n) is 5.49. The zero-order valence-electron chi connectivity index (χ0n) is 13.4. The monoisotopic (exact) mass is 310 g/mol. The molecule has 1 atom stereocenters. The van der Waals surface area contributed by atoms with Gasteiger partial charge in [-0.3, -0.25) is 4.79 Å². The third-order valence-electron chi connectivity index (χ3n) is 3.49. The van der Waals surface area contributed by atoms with Crippen LogP contribution in [-0.2, 0) is 4.79 Å². The molecule has 0 spiro atoms. The Labute approximate surface area is 137 Å². The summed E-state index contributed by atoms with van der Waals surface area (Å²) in [5, 5.41) is 12.8. The molecule has 0 aliphatic carbocycles. The first-order valence-corrected chi connectivity index (χ1v) is 7.52. The van der Waals surface area contributed by atoms with Crippen LogP contribution in [0.25, 0.3) is 6.08 Å². The fraction of sp³-hybridized carbons (Fsp3) is 0.211. The summed E-state index contributed by atoms with van der Waals surface area (Å²) in [5.41, 5.74) is 2.81. The number of carbonyl (C=O) groups is 1. The van der Waals surface area contributed by atoms with Gasteiger partial charge in [0.2, 0.25) is 5.91 Å². The molecule has 120 valence electrons. The highest BCUT2D eigenvalue weighted by Gasteiger charge is 2.08. The van der Waals surface area contributed by atoms with Crippen LogP contribution >= 0.6 is 0 Å². The number of hydrogen-bond donors (Lipinski definition) is 2. The summed E-state index contributed by atoms with van der Waals surface area (Å²) in [7, 11) is 3.93. The molecule has 0 aliphatic heterocycles. The number of rotatable bonds is 6. The van der Waals surface area contributed by atoms with Crippen LogP contribution in [0.5, 0.6) is 0 Å². The standard InChI is InChI=1S/C19H22N2O2/c1-21(2)17-11-9-16(10-12-17)18(22)14-20-19(23)13-8-15-6-4-3-5-7-15/h3-13,18,22H,14H2,1-2H3,(H,20,23)/b13-8+/t18-/m0/s1. The van der Waals surface area contributed by atoms with Crippen LogP contribution < -0.4 is 10.2 Å². The van der Waals surface area contributed by atoms with Crippen LogP contribution in [0.15, 0.2) is 60.7 Å². The number of aliphatic hydroxyl groups excluding tert-OH is 1. The molecule has 0 bridgehead atoms. The summed E-state index contributed by atoms with van der Waals surface area (Å²) in [4.78, 5) is 13.8. The molecule has 2 aromatic rings. The Morgan fingerprint density at radius 2 is 1.78 bits per heavy atom. The maximum absolute atomic E-state index is 11.8. The molecular formula is C19H22N2O2. The van der Waals surface area contributed by atoms with Gasteiger partial charge in [0, 0.05) is 32.4 Å². The summed E-state index contributed by atoms with van der Waals surface area (Å²) >= 11 is 0. The Bertz CT molecular complexity index is 649. The van der Waals surface area contributed by atoms with E-state index >= 15 is 0 Å². The van der Waals surface area contributed by atoms with Crippen molar-refractivity contribution in [2.75, 3.05) is 25.5 Å². The fourth-order valence-electron chi connectivity index (χ4n) is 2.10. The normalized spacial score (nSPS) is 12.1. The number of anilines is 1. The van der Waals surface area contributed by atoms with Crippen molar-refractivity contribution >= 4 is 17.7 Å². The van der Waals surface area contributed by atoms with Gasteiger partial charge >= 0.3 is 0 Å². The third-order valence-corrected chi connectivity index (χ3v) is 3.49. The number of hydrogen-bond acceptors (Lipinski definition) is 3. The Morgan fingerprint density at radius 3 is 2.39 bits per heavy atom. The van der Waals surface area contributed by atoms with E-state index < -0.39 is 6.10 Å². The van der Waals surface area contributed by atoms with Crippen molar-refractivity contribution in [2.24, 2.45) is 0 Å². The highest BCUT2D eigenvalue weighted by atomic mass is 16.3. The first kappa shape index (κ1) is 16.8. The Kier molecular flexibility index (Phi) is 5.94. The molecule has 4 heteroatoms. The zero-order chi connectivity index (χ0) is 16.7. The summed E-state index contributed by atoms with van der Waals surface area (Å²) in [5.74, 6) is -0.224. The summed E-state index contributed by atoms with van der Waals surface area (Å²) in [6.45, 7) is 0.180. The molecule has 0 unspecified atom stereocenters. The quantitative estimate of drug-likeness (QED) is 0.807. The number of benzene rings is 2. The summed E-state index contributed by atoms with van der Waals surface area (Å²) in [6, 6.07) is 17.2. The number of amides is 1. The maximum atomic E-state index is 11.8. The van der Waals surface area contributed by atoms with Gasteiger partial charge in [-0.25, -0.2) is 0 Å². The van der Waals surface area contributed by atoms with Gasteiger partial charge in [0.05, 0.1) is 6.10 Å². The van der Waals surface area contributed by atoms with E-state index in [0.29, 0.717) is 0 Å². The SMILES string of the molecule is CN(C)c1ccc([C@@H](O)CNC(=O)/C=C/c2ccccc2)cc1. The molecule has 0 saturated heterocycles. The lowest BCUT2D eigenvalue weighted by Crippen LogP contribution is -2.26. The van der Waals surface area contributed by atoms with Gasteiger partial charge in [-0.1, -0.05) is 42.5 Å². The van der Waals surface area contributed by atoms with Crippen molar-refractivity contribution in [1.29, 1.82) is 0 Å². The van der Waals surface area contributed by atoms with E-state index in [-0.39, 0.29) is 12.5 Å². The van der Waals surface area contributed by atoms with Gasteiger partial charge < -0.3 is 15.3 Å². The molecule has 0 aliphatic rings. The molecule has 2 N–H and O–H groups in total. The van der Waals surface area contributed by atoms with Crippen LogP contribution in [-0.4, -0.2) is 31.7 Å². The largest absolute Gasteiger partial charge is 0.387 e. The van der Waals surface area contributed by atoms with Gasteiger partial charge in [-0.15, -0.1) is 0 Å². The molecular weight excluding hydrogens is 288 g/mol. The Morgan fingerprint density at radius 1 is 1.13 bits per heavy atom. The van der Waals surface area contributed by atoms with Crippen molar-refractivity contribution < 1.29 is 9.90 Å². The van der Waals surface area contributed by atoms with Crippen molar-refractivity contribution in [3.8, 4) is 0 Å². The minimum atomic E-state index is -0.722. The highest BCUT2D eigenvalue weighted by molar-refractivity contribution is 5.91. The molecule has 23 heavy (non-hydrogen) atoms. The summed E-state index contributed by atoms with van der Waals surface area (Å²) < 4.78 is 0. The van der Waals surface area contributed by atoms with E-state index in [0.717, 1.165) is 16.8 Å². The van der Waals surface area contributed by atoms with E-state index in [1.807, 2.05) is 73.6 Å². The predicted octanol–water partition coefficient (Wildman–Crippen LogP) is 2.62. The van der Waals surface area contributed by atoms with Crippen LogP contribution in [0.2, 0.25) is 0 Å². The van der Waals surface area contributed by atoms with Crippen molar-refractivity contribution in [1.82, 2.24) is 5.32 Å². The minimum Gasteiger partial charge on any atom is -0.387 e. The maximum Gasteiger partial charge on any atom is 0.244 e. The third kappa shape index (κ3) is 5.27. The zero-order valence-corrected chi connectivity index (χ0v) is 13.4. The molecule has 0 saturated carbocycles. The topological polar surface area (TPSA) is 52.6 Å². The molecule has 4 nitrogen and oxygen atoms in total. The number of nitrogens with zero attached hydrogens (tertiary/aromatic N) is 1. The second-order valence-corrected chi connectivity index (χ2v) is 5.49. The first-order valence-electron chi connectivity index (χ1n) is 7.52. The molecule has 2 rings (SSSR count). The lowest BCUT2D eigenvalue weighted by Gasteiger charge is -2.15. The molecule has 0 fully saturated rings. The van der Waals surface area contributed by atoms with Gasteiger partial charge in [0.15, 0.2) is 0 Å². The van der Waals surface area contributed by atoms with Crippen LogP contribution in [0, 0.1) is 0 Å². The number of aliphatic hydroxyl groups is 1. The van der Waals surface area contributed by atoms with E-state index in [1.165, 1.54) is 6.08 Å². The van der Waals surface area contributed by atoms with Crippen molar-refractivity contribution in [3.05, 3.63) is 71.8 Å². The van der Waals surface area contributed by atoms with E-state index in [1.54, 1.807) is 6.08 Å². The average Bonchev–Trinajstić information content (AvgIpc) is 2.58. The molecule has 1 amide bonds. The van der Waals surface area contributed by atoms with Crippen molar-refractivity contribution in [2.45, 2.75) is 6.10 Å². The number of nitrogens with one attached hydrogen (secondary N) is 1. The second kappa shape index (κ2) is 8.15. The average molecular weight is 310 g/mol. The molecule has 2 aromatic carbocycles. The predicted molar refractivity (Wildman–Crippen MR) is 94.2 cm³/mol. The van der Waals surface area contributed by atoms with Gasteiger partial charge in [-0.05, 0) is 29.3 Å². The molecule has 0 aromatic heterocycles. The number of carbonyl (C=O) groups excluding carboxylic acids is 1.